The highest BCUT2D eigenvalue weighted by Crippen LogP contribution is 2.17. The lowest BCUT2D eigenvalue weighted by atomic mass is 10.1. The van der Waals surface area contributed by atoms with Crippen molar-refractivity contribution in [3.8, 4) is 0 Å². The molecule has 1 saturated heterocycles. The van der Waals surface area contributed by atoms with E-state index in [0.29, 0.717) is 39.1 Å². The summed E-state index contributed by atoms with van der Waals surface area (Å²) in [5, 5.41) is 5.77. The number of alkyl halides is 2. The second-order valence-electron chi connectivity index (χ2n) is 5.86. The molecule has 1 aliphatic heterocycles. The first-order valence-corrected chi connectivity index (χ1v) is 8.32. The van der Waals surface area contributed by atoms with E-state index >= 15 is 0 Å². The maximum absolute atomic E-state index is 12.4. The first kappa shape index (κ1) is 18.6. The lowest BCUT2D eigenvalue weighted by molar-refractivity contribution is 0.0739. The SMILES string of the molecule is CCOCc1ccccc1NC(=O)NC1CCN(CC(F)F)CC1. The number of likely N-dealkylation sites (tertiary alicyclic amines) is 1. The summed E-state index contributed by atoms with van der Waals surface area (Å²) >= 11 is 0. The second-order valence-corrected chi connectivity index (χ2v) is 5.86. The molecule has 2 N–H and O–H groups in total. The van der Waals surface area contributed by atoms with Crippen LogP contribution in [-0.4, -0.2) is 49.6 Å². The average molecular weight is 341 g/mol. The molecule has 0 bridgehead atoms. The van der Waals surface area contributed by atoms with Gasteiger partial charge < -0.3 is 15.4 Å². The van der Waals surface area contributed by atoms with E-state index in [9.17, 15) is 13.6 Å². The molecule has 1 aliphatic rings. The van der Waals surface area contributed by atoms with E-state index in [-0.39, 0.29) is 18.6 Å². The highest BCUT2D eigenvalue weighted by molar-refractivity contribution is 5.90. The topological polar surface area (TPSA) is 53.6 Å². The summed E-state index contributed by atoms with van der Waals surface area (Å²) in [4.78, 5) is 13.9. The van der Waals surface area contributed by atoms with Crippen molar-refractivity contribution in [3.05, 3.63) is 29.8 Å². The Morgan fingerprint density at radius 2 is 2.04 bits per heavy atom. The number of para-hydroxylation sites is 1. The van der Waals surface area contributed by atoms with Gasteiger partial charge in [-0.05, 0) is 25.8 Å². The Bertz CT molecular complexity index is 520. The molecule has 0 spiro atoms. The van der Waals surface area contributed by atoms with Crippen molar-refractivity contribution >= 4 is 11.7 Å². The first-order chi connectivity index (χ1) is 11.6. The summed E-state index contributed by atoms with van der Waals surface area (Å²) in [7, 11) is 0. The fourth-order valence-corrected chi connectivity index (χ4v) is 2.78. The zero-order chi connectivity index (χ0) is 17.4. The summed E-state index contributed by atoms with van der Waals surface area (Å²) in [6, 6.07) is 7.24. The van der Waals surface area contributed by atoms with Crippen LogP contribution >= 0.6 is 0 Å². The minimum Gasteiger partial charge on any atom is -0.377 e. The van der Waals surface area contributed by atoms with Crippen molar-refractivity contribution in [2.24, 2.45) is 0 Å². The quantitative estimate of drug-likeness (QED) is 0.801. The molecule has 0 radical (unpaired) electrons. The summed E-state index contributed by atoms with van der Waals surface area (Å²) in [6.07, 6.45) is -0.943. The van der Waals surface area contributed by atoms with E-state index in [0.717, 1.165) is 11.3 Å². The minimum atomic E-state index is -2.31. The van der Waals surface area contributed by atoms with Crippen LogP contribution in [0.25, 0.3) is 0 Å². The number of halogens is 2. The minimum absolute atomic E-state index is 0.0120. The summed E-state index contributed by atoms with van der Waals surface area (Å²) in [5.41, 5.74) is 1.64. The number of benzene rings is 1. The maximum atomic E-state index is 12.4. The highest BCUT2D eigenvalue weighted by atomic mass is 19.3. The largest absolute Gasteiger partial charge is 0.377 e. The van der Waals surface area contributed by atoms with Crippen molar-refractivity contribution in [2.45, 2.75) is 38.8 Å². The smallest absolute Gasteiger partial charge is 0.319 e. The molecule has 0 atom stereocenters. The molecular weight excluding hydrogens is 316 g/mol. The van der Waals surface area contributed by atoms with Gasteiger partial charge in [0, 0.05) is 37.0 Å². The van der Waals surface area contributed by atoms with E-state index in [1.807, 2.05) is 31.2 Å². The Hall–Kier alpha value is -1.73. The molecule has 1 aromatic rings. The number of carbonyl (C=O) groups is 1. The molecular formula is C17H25F2N3O2. The predicted molar refractivity (Wildman–Crippen MR) is 89.4 cm³/mol. The van der Waals surface area contributed by atoms with Crippen LogP contribution in [0.5, 0.6) is 0 Å². The van der Waals surface area contributed by atoms with Crippen LogP contribution in [-0.2, 0) is 11.3 Å². The Balaban J connectivity index is 1.80. The number of nitrogens with zero attached hydrogens (tertiary/aromatic N) is 1. The standard InChI is InChI=1S/C17H25F2N3O2/c1-2-24-12-13-5-3-4-6-15(13)21-17(23)20-14-7-9-22(10-8-14)11-16(18)19/h3-6,14,16H,2,7-12H2,1H3,(H2,20,21,23). The normalized spacial score (nSPS) is 16.3. The fourth-order valence-electron chi connectivity index (χ4n) is 2.78. The van der Waals surface area contributed by atoms with Gasteiger partial charge in [0.1, 0.15) is 0 Å². The number of urea groups is 1. The monoisotopic (exact) mass is 341 g/mol. The highest BCUT2D eigenvalue weighted by Gasteiger charge is 2.22. The zero-order valence-electron chi connectivity index (χ0n) is 13.9. The number of nitrogens with one attached hydrogen (secondary N) is 2. The Morgan fingerprint density at radius 3 is 2.71 bits per heavy atom. The van der Waals surface area contributed by atoms with Gasteiger partial charge in [0.05, 0.1) is 13.2 Å². The molecule has 5 nitrogen and oxygen atoms in total. The van der Waals surface area contributed by atoms with Crippen molar-refractivity contribution in [1.82, 2.24) is 10.2 Å². The van der Waals surface area contributed by atoms with Crippen molar-refractivity contribution in [1.29, 1.82) is 0 Å². The molecule has 0 unspecified atom stereocenters. The van der Waals surface area contributed by atoms with Crippen LogP contribution < -0.4 is 10.6 Å². The number of rotatable bonds is 7. The molecule has 24 heavy (non-hydrogen) atoms. The third-order valence-corrected chi connectivity index (χ3v) is 4.05. The zero-order valence-corrected chi connectivity index (χ0v) is 13.9. The third-order valence-electron chi connectivity index (χ3n) is 4.05. The number of piperidine rings is 1. The molecule has 1 heterocycles. The van der Waals surface area contributed by atoms with Crippen LogP contribution in [0.1, 0.15) is 25.3 Å². The number of hydrogen-bond donors (Lipinski definition) is 2. The Kier molecular flexibility index (Phi) is 7.39. The van der Waals surface area contributed by atoms with Gasteiger partial charge in [0.15, 0.2) is 0 Å². The second kappa shape index (κ2) is 9.54. The average Bonchev–Trinajstić information content (AvgIpc) is 2.55. The summed E-state index contributed by atoms with van der Waals surface area (Å²) in [6.45, 7) is 3.94. The molecule has 0 aromatic heterocycles. The number of anilines is 1. The molecule has 1 aromatic carbocycles. The Morgan fingerprint density at radius 1 is 1.33 bits per heavy atom. The van der Waals surface area contributed by atoms with Gasteiger partial charge >= 0.3 is 6.03 Å². The number of hydrogen-bond acceptors (Lipinski definition) is 3. The van der Waals surface area contributed by atoms with E-state index in [1.54, 1.807) is 4.90 Å². The molecule has 1 fully saturated rings. The summed E-state index contributed by atoms with van der Waals surface area (Å²) in [5.74, 6) is 0. The fraction of sp³-hybridized carbons (Fsp3) is 0.588. The summed E-state index contributed by atoms with van der Waals surface area (Å²) < 4.78 is 30.1. The first-order valence-electron chi connectivity index (χ1n) is 8.32. The molecule has 134 valence electrons. The number of amides is 2. The lowest BCUT2D eigenvalue weighted by Crippen LogP contribution is -2.46. The molecule has 2 rings (SSSR count). The van der Waals surface area contributed by atoms with Gasteiger partial charge in [-0.25, -0.2) is 13.6 Å². The lowest BCUT2D eigenvalue weighted by Gasteiger charge is -2.32. The van der Waals surface area contributed by atoms with Gasteiger partial charge in [-0.15, -0.1) is 0 Å². The van der Waals surface area contributed by atoms with E-state index in [2.05, 4.69) is 10.6 Å². The molecule has 7 heteroatoms. The van der Waals surface area contributed by atoms with Crippen LogP contribution in [0, 0.1) is 0 Å². The molecule has 2 amide bonds. The van der Waals surface area contributed by atoms with Gasteiger partial charge in [-0.2, -0.15) is 0 Å². The van der Waals surface area contributed by atoms with Crippen LogP contribution in [0.4, 0.5) is 19.3 Å². The van der Waals surface area contributed by atoms with Crippen molar-refractivity contribution < 1.29 is 18.3 Å². The van der Waals surface area contributed by atoms with Gasteiger partial charge in [0.2, 0.25) is 0 Å². The van der Waals surface area contributed by atoms with Crippen LogP contribution in [0.3, 0.4) is 0 Å². The van der Waals surface area contributed by atoms with Crippen molar-refractivity contribution in [3.63, 3.8) is 0 Å². The van der Waals surface area contributed by atoms with Crippen molar-refractivity contribution in [2.75, 3.05) is 31.6 Å². The van der Waals surface area contributed by atoms with Crippen LogP contribution in [0.15, 0.2) is 24.3 Å². The van der Waals surface area contributed by atoms with Crippen LogP contribution in [0.2, 0.25) is 0 Å². The van der Waals surface area contributed by atoms with E-state index in [1.165, 1.54) is 0 Å². The molecule has 0 saturated carbocycles. The van der Waals surface area contributed by atoms with E-state index < -0.39 is 6.43 Å². The van der Waals surface area contributed by atoms with Gasteiger partial charge in [-0.1, -0.05) is 18.2 Å². The van der Waals surface area contributed by atoms with E-state index in [4.69, 9.17) is 4.74 Å². The number of ether oxygens (including phenoxy) is 1. The third kappa shape index (κ3) is 6.05. The number of carbonyl (C=O) groups excluding carboxylic acids is 1. The Labute approximate surface area is 141 Å². The van der Waals surface area contributed by atoms with Gasteiger partial charge in [-0.3, -0.25) is 4.90 Å². The predicted octanol–water partition coefficient (Wildman–Crippen LogP) is 3.07. The molecule has 0 aliphatic carbocycles. The van der Waals surface area contributed by atoms with Gasteiger partial charge in [0.25, 0.3) is 6.43 Å². The maximum Gasteiger partial charge on any atom is 0.319 e.